The van der Waals surface area contributed by atoms with Crippen LogP contribution in [0.3, 0.4) is 0 Å². The van der Waals surface area contributed by atoms with Gasteiger partial charge in [-0.3, -0.25) is 4.79 Å². The lowest BCUT2D eigenvalue weighted by molar-refractivity contribution is 0.0961. The van der Waals surface area contributed by atoms with Crippen LogP contribution in [-0.4, -0.2) is 30.3 Å². The number of halogens is 1. The smallest absolute Gasteiger partial charge is 0.164 e. The molecule has 0 heterocycles. The number of benzene rings is 1. The van der Waals surface area contributed by atoms with Crippen molar-refractivity contribution in [2.24, 2.45) is 0 Å². The summed E-state index contributed by atoms with van der Waals surface area (Å²) in [6.07, 6.45) is 2.96. The molecule has 0 saturated carbocycles. The van der Waals surface area contributed by atoms with Crippen LogP contribution in [-0.2, 0) is 0 Å². The van der Waals surface area contributed by atoms with Crippen molar-refractivity contribution in [1.82, 2.24) is 4.90 Å². The third-order valence-corrected chi connectivity index (χ3v) is 3.85. The second-order valence-electron chi connectivity index (χ2n) is 4.80. The van der Waals surface area contributed by atoms with E-state index in [0.717, 1.165) is 16.6 Å². The van der Waals surface area contributed by atoms with Crippen LogP contribution >= 0.6 is 15.9 Å². The lowest BCUT2D eigenvalue weighted by atomic mass is 10.1. The molecule has 0 aliphatic rings. The number of hydrogen-bond acceptors (Lipinski definition) is 2. The van der Waals surface area contributed by atoms with Gasteiger partial charge < -0.3 is 4.90 Å². The first-order chi connectivity index (χ1) is 8.54. The van der Waals surface area contributed by atoms with E-state index in [4.69, 9.17) is 0 Å². The predicted molar refractivity (Wildman–Crippen MR) is 80.1 cm³/mol. The number of nitrogens with zero attached hydrogens (tertiary/aromatic N) is 1. The van der Waals surface area contributed by atoms with Gasteiger partial charge in [-0.1, -0.05) is 41.4 Å². The molecule has 0 aromatic heterocycles. The fourth-order valence-corrected chi connectivity index (χ4v) is 2.18. The summed E-state index contributed by atoms with van der Waals surface area (Å²) >= 11 is 3.37. The average molecular weight is 312 g/mol. The highest BCUT2D eigenvalue weighted by Crippen LogP contribution is 2.12. The molecule has 1 unspecified atom stereocenters. The highest BCUT2D eigenvalue weighted by Gasteiger charge is 2.11. The number of Topliss-reactive ketones (excluding diaryl/α,β-unsaturated/α-hetero) is 1. The minimum absolute atomic E-state index is 0.220. The van der Waals surface area contributed by atoms with Crippen molar-refractivity contribution in [1.29, 1.82) is 0 Å². The second-order valence-corrected chi connectivity index (χ2v) is 5.71. The Kier molecular flexibility index (Phi) is 6.58. The number of rotatable bonds is 7. The van der Waals surface area contributed by atoms with E-state index in [-0.39, 0.29) is 5.78 Å². The Morgan fingerprint density at radius 3 is 2.50 bits per heavy atom. The molecule has 1 rings (SSSR count). The summed E-state index contributed by atoms with van der Waals surface area (Å²) in [5.41, 5.74) is 0.801. The monoisotopic (exact) mass is 311 g/mol. The molecule has 100 valence electrons. The van der Waals surface area contributed by atoms with Crippen molar-refractivity contribution < 1.29 is 4.79 Å². The van der Waals surface area contributed by atoms with Gasteiger partial charge in [-0.25, -0.2) is 0 Å². The summed E-state index contributed by atoms with van der Waals surface area (Å²) in [4.78, 5) is 14.3. The SMILES string of the molecule is CCCC(C)N(C)CCC(=O)c1ccc(Br)cc1. The molecular formula is C15H22BrNO. The molecule has 2 nitrogen and oxygen atoms in total. The van der Waals surface area contributed by atoms with Crippen molar-refractivity contribution in [2.75, 3.05) is 13.6 Å². The largest absolute Gasteiger partial charge is 0.303 e. The van der Waals surface area contributed by atoms with Crippen LogP contribution in [0.4, 0.5) is 0 Å². The molecule has 0 spiro atoms. The zero-order valence-corrected chi connectivity index (χ0v) is 13.0. The van der Waals surface area contributed by atoms with Gasteiger partial charge in [-0.05, 0) is 32.5 Å². The fourth-order valence-electron chi connectivity index (χ4n) is 1.92. The molecule has 1 atom stereocenters. The van der Waals surface area contributed by atoms with Crippen LogP contribution in [0.1, 0.15) is 43.5 Å². The van der Waals surface area contributed by atoms with Crippen molar-refractivity contribution in [3.8, 4) is 0 Å². The van der Waals surface area contributed by atoms with E-state index >= 15 is 0 Å². The highest BCUT2D eigenvalue weighted by atomic mass is 79.9. The maximum Gasteiger partial charge on any atom is 0.164 e. The molecular weight excluding hydrogens is 290 g/mol. The van der Waals surface area contributed by atoms with Gasteiger partial charge in [0.1, 0.15) is 0 Å². The number of hydrogen-bond donors (Lipinski definition) is 0. The van der Waals surface area contributed by atoms with Crippen LogP contribution in [0.5, 0.6) is 0 Å². The maximum atomic E-state index is 12.0. The second kappa shape index (κ2) is 7.70. The number of carbonyl (C=O) groups is 1. The first-order valence-corrected chi connectivity index (χ1v) is 7.33. The molecule has 0 N–H and O–H groups in total. The summed E-state index contributed by atoms with van der Waals surface area (Å²) in [6, 6.07) is 8.13. The van der Waals surface area contributed by atoms with Crippen LogP contribution in [0, 0.1) is 0 Å². The van der Waals surface area contributed by atoms with Crippen molar-refractivity contribution in [3.05, 3.63) is 34.3 Å². The fraction of sp³-hybridized carbons (Fsp3) is 0.533. The minimum Gasteiger partial charge on any atom is -0.303 e. The van der Waals surface area contributed by atoms with E-state index < -0.39 is 0 Å². The molecule has 1 aromatic carbocycles. The van der Waals surface area contributed by atoms with Crippen molar-refractivity contribution in [2.45, 2.75) is 39.2 Å². The standard InChI is InChI=1S/C15H22BrNO/c1-4-5-12(2)17(3)11-10-15(18)13-6-8-14(16)9-7-13/h6-9,12H,4-5,10-11H2,1-3H3. The Morgan fingerprint density at radius 2 is 1.94 bits per heavy atom. The van der Waals surface area contributed by atoms with Gasteiger partial charge in [0.15, 0.2) is 5.78 Å². The number of ketones is 1. The van der Waals surface area contributed by atoms with E-state index in [0.29, 0.717) is 12.5 Å². The topological polar surface area (TPSA) is 20.3 Å². The maximum absolute atomic E-state index is 12.0. The summed E-state index contributed by atoms with van der Waals surface area (Å²) in [7, 11) is 2.09. The molecule has 18 heavy (non-hydrogen) atoms. The zero-order chi connectivity index (χ0) is 13.5. The van der Waals surface area contributed by atoms with Gasteiger partial charge in [-0.2, -0.15) is 0 Å². The van der Waals surface area contributed by atoms with E-state index in [2.05, 4.69) is 41.7 Å². The molecule has 0 amide bonds. The van der Waals surface area contributed by atoms with Gasteiger partial charge in [0.05, 0.1) is 0 Å². The zero-order valence-electron chi connectivity index (χ0n) is 11.4. The normalized spacial score (nSPS) is 12.7. The van der Waals surface area contributed by atoms with E-state index in [9.17, 15) is 4.79 Å². The summed E-state index contributed by atoms with van der Waals surface area (Å²) in [5.74, 6) is 0.220. The Morgan fingerprint density at radius 1 is 1.33 bits per heavy atom. The summed E-state index contributed by atoms with van der Waals surface area (Å²) < 4.78 is 1.01. The van der Waals surface area contributed by atoms with E-state index in [1.54, 1.807) is 0 Å². The molecule has 1 aromatic rings. The molecule has 3 heteroatoms. The van der Waals surface area contributed by atoms with Gasteiger partial charge >= 0.3 is 0 Å². The molecule has 0 aliphatic carbocycles. The Hall–Kier alpha value is -0.670. The quantitative estimate of drug-likeness (QED) is 0.705. The van der Waals surface area contributed by atoms with Crippen molar-refractivity contribution >= 4 is 21.7 Å². The van der Waals surface area contributed by atoms with Gasteiger partial charge in [0.2, 0.25) is 0 Å². The van der Waals surface area contributed by atoms with Gasteiger partial charge in [0, 0.05) is 29.0 Å². The molecule has 0 radical (unpaired) electrons. The Labute approximate surface area is 119 Å². The molecule has 0 bridgehead atoms. The third kappa shape index (κ3) is 4.91. The Balaban J connectivity index is 2.43. The van der Waals surface area contributed by atoms with Crippen LogP contribution in [0.15, 0.2) is 28.7 Å². The molecule has 0 fully saturated rings. The van der Waals surface area contributed by atoms with Crippen molar-refractivity contribution in [3.63, 3.8) is 0 Å². The molecule has 0 saturated heterocycles. The average Bonchev–Trinajstić information content (AvgIpc) is 2.36. The van der Waals surface area contributed by atoms with Crippen LogP contribution in [0.2, 0.25) is 0 Å². The number of carbonyl (C=O) groups excluding carboxylic acids is 1. The van der Waals surface area contributed by atoms with Gasteiger partial charge in [0.25, 0.3) is 0 Å². The lowest BCUT2D eigenvalue weighted by Gasteiger charge is -2.23. The first kappa shape index (κ1) is 15.4. The Bertz CT molecular complexity index is 375. The lowest BCUT2D eigenvalue weighted by Crippen LogP contribution is -2.30. The van der Waals surface area contributed by atoms with E-state index in [1.165, 1.54) is 12.8 Å². The minimum atomic E-state index is 0.220. The first-order valence-electron chi connectivity index (χ1n) is 6.53. The van der Waals surface area contributed by atoms with Gasteiger partial charge in [-0.15, -0.1) is 0 Å². The van der Waals surface area contributed by atoms with Crippen LogP contribution in [0.25, 0.3) is 0 Å². The van der Waals surface area contributed by atoms with E-state index in [1.807, 2.05) is 24.3 Å². The highest BCUT2D eigenvalue weighted by molar-refractivity contribution is 9.10. The molecule has 0 aliphatic heterocycles. The summed E-state index contributed by atoms with van der Waals surface area (Å²) in [6.45, 7) is 5.24. The summed E-state index contributed by atoms with van der Waals surface area (Å²) in [5, 5.41) is 0. The predicted octanol–water partition coefficient (Wildman–Crippen LogP) is 4.14. The third-order valence-electron chi connectivity index (χ3n) is 3.32. The van der Waals surface area contributed by atoms with Crippen LogP contribution < -0.4 is 0 Å².